The van der Waals surface area contributed by atoms with Crippen LogP contribution in [-0.4, -0.2) is 10.3 Å². The van der Waals surface area contributed by atoms with E-state index in [2.05, 4.69) is 0 Å². The number of carbonyl (C=O) groups excluding carboxylic acids is 1. The Bertz CT molecular complexity index is 843. The van der Waals surface area contributed by atoms with Crippen LogP contribution < -0.4 is 0 Å². The Morgan fingerprint density at radius 3 is 2.64 bits per heavy atom. The zero-order valence-corrected chi connectivity index (χ0v) is 17.3. The van der Waals surface area contributed by atoms with Crippen LogP contribution in [0.15, 0.2) is 47.4 Å². The van der Waals surface area contributed by atoms with Crippen LogP contribution in [0.25, 0.3) is 0 Å². The standard InChI is InChI=1S/C22H23ClF2O2S/c1-15(26)4-5-16-3-2-12-22(14-16,20-13-18(24)8-11-21(20)25)28(27)19-9-6-17(23)7-10-19/h6-11,13,16H,2-5,12,14H2,1H3/t16-,22+,28?/m0/s1. The van der Waals surface area contributed by atoms with Gasteiger partial charge in [-0.2, -0.15) is 0 Å². The Morgan fingerprint density at radius 2 is 1.96 bits per heavy atom. The lowest BCUT2D eigenvalue weighted by Gasteiger charge is -2.41. The summed E-state index contributed by atoms with van der Waals surface area (Å²) in [6.45, 7) is 1.55. The van der Waals surface area contributed by atoms with Gasteiger partial charge in [0.05, 0.1) is 0 Å². The molecule has 0 N–H and O–H groups in total. The van der Waals surface area contributed by atoms with Gasteiger partial charge in [-0.15, -0.1) is 0 Å². The number of rotatable bonds is 6. The summed E-state index contributed by atoms with van der Waals surface area (Å²) in [7, 11) is 0. The maximum absolute atomic E-state index is 14.8. The molecular formula is C22H23ClF2O2S. The molecule has 0 saturated heterocycles. The number of hydrogen-bond acceptors (Lipinski definition) is 2. The van der Waals surface area contributed by atoms with E-state index >= 15 is 0 Å². The number of halogens is 3. The van der Waals surface area contributed by atoms with E-state index in [0.29, 0.717) is 35.6 Å². The minimum atomic E-state index is -1.59. The van der Waals surface area contributed by atoms with Crippen LogP contribution in [0.1, 0.15) is 51.0 Å². The molecule has 1 unspecified atom stereocenters. The molecule has 2 nitrogen and oxygen atoms in total. The summed E-state index contributed by atoms with van der Waals surface area (Å²) in [5, 5.41) is 0.523. The van der Waals surface area contributed by atoms with Crippen molar-refractivity contribution in [1.82, 2.24) is 0 Å². The largest absolute Gasteiger partial charge is 0.611 e. The van der Waals surface area contributed by atoms with Crippen molar-refractivity contribution in [3.63, 3.8) is 0 Å². The van der Waals surface area contributed by atoms with Crippen LogP contribution in [0.3, 0.4) is 0 Å². The minimum Gasteiger partial charge on any atom is -0.611 e. The molecule has 28 heavy (non-hydrogen) atoms. The molecule has 0 heterocycles. The van der Waals surface area contributed by atoms with Crippen molar-refractivity contribution in [1.29, 1.82) is 0 Å². The molecule has 0 bridgehead atoms. The van der Waals surface area contributed by atoms with Crippen LogP contribution in [0, 0.1) is 17.6 Å². The molecule has 1 aliphatic rings. The number of ketones is 1. The molecular weight excluding hydrogens is 402 g/mol. The van der Waals surface area contributed by atoms with Gasteiger partial charge in [-0.1, -0.05) is 18.0 Å². The van der Waals surface area contributed by atoms with E-state index in [-0.39, 0.29) is 17.3 Å². The van der Waals surface area contributed by atoms with Gasteiger partial charge in [0.15, 0.2) is 9.64 Å². The van der Waals surface area contributed by atoms with Crippen molar-refractivity contribution in [3.05, 3.63) is 64.7 Å². The van der Waals surface area contributed by atoms with E-state index in [1.807, 2.05) is 0 Å². The van der Waals surface area contributed by atoms with Gasteiger partial charge in [0, 0.05) is 29.8 Å². The average Bonchev–Trinajstić information content (AvgIpc) is 2.68. The van der Waals surface area contributed by atoms with Gasteiger partial charge in [-0.05, 0) is 79.3 Å². The predicted molar refractivity (Wildman–Crippen MR) is 108 cm³/mol. The van der Waals surface area contributed by atoms with Gasteiger partial charge in [-0.25, -0.2) is 8.78 Å². The smallest absolute Gasteiger partial charge is 0.159 e. The summed E-state index contributed by atoms with van der Waals surface area (Å²) >= 11 is 4.36. The molecule has 1 fully saturated rings. The molecule has 1 aliphatic carbocycles. The fraction of sp³-hybridized carbons (Fsp3) is 0.409. The van der Waals surface area contributed by atoms with E-state index in [9.17, 15) is 18.1 Å². The quantitative estimate of drug-likeness (QED) is 0.519. The van der Waals surface area contributed by atoms with Crippen molar-refractivity contribution in [2.75, 3.05) is 0 Å². The van der Waals surface area contributed by atoms with Crippen LogP contribution in [0.4, 0.5) is 8.78 Å². The maximum atomic E-state index is 14.8. The number of hydrogen-bond donors (Lipinski definition) is 0. The monoisotopic (exact) mass is 424 g/mol. The fourth-order valence-corrected chi connectivity index (χ4v) is 6.18. The Morgan fingerprint density at radius 1 is 1.25 bits per heavy atom. The van der Waals surface area contributed by atoms with E-state index < -0.39 is 27.6 Å². The second-order valence-electron chi connectivity index (χ2n) is 7.54. The van der Waals surface area contributed by atoms with Crippen molar-refractivity contribution in [3.8, 4) is 0 Å². The van der Waals surface area contributed by atoms with E-state index in [0.717, 1.165) is 25.0 Å². The summed E-state index contributed by atoms with van der Waals surface area (Å²) in [4.78, 5) is 12.0. The molecule has 0 aromatic heterocycles. The third kappa shape index (κ3) is 4.58. The molecule has 1 saturated carbocycles. The highest BCUT2D eigenvalue weighted by molar-refractivity contribution is 7.92. The highest BCUT2D eigenvalue weighted by Crippen LogP contribution is 2.50. The Hall–Kier alpha value is -1.43. The van der Waals surface area contributed by atoms with Gasteiger partial charge < -0.3 is 9.35 Å². The minimum absolute atomic E-state index is 0.104. The highest BCUT2D eigenvalue weighted by atomic mass is 35.5. The number of carbonyl (C=O) groups is 1. The van der Waals surface area contributed by atoms with Gasteiger partial charge >= 0.3 is 0 Å². The van der Waals surface area contributed by atoms with E-state index in [1.54, 1.807) is 31.2 Å². The second kappa shape index (κ2) is 8.93. The van der Waals surface area contributed by atoms with Crippen LogP contribution in [0.5, 0.6) is 0 Å². The topological polar surface area (TPSA) is 40.1 Å². The fourth-order valence-electron chi connectivity index (χ4n) is 4.14. The lowest BCUT2D eigenvalue weighted by Crippen LogP contribution is -2.41. The summed E-state index contributed by atoms with van der Waals surface area (Å²) in [5.41, 5.74) is 0.160. The van der Waals surface area contributed by atoms with Crippen LogP contribution in [0.2, 0.25) is 5.02 Å². The summed E-state index contributed by atoms with van der Waals surface area (Å²) in [6.07, 6.45) is 3.71. The first-order chi connectivity index (χ1) is 13.3. The molecule has 0 spiro atoms. The molecule has 2 aromatic carbocycles. The van der Waals surface area contributed by atoms with Crippen LogP contribution in [-0.2, 0) is 20.7 Å². The highest BCUT2D eigenvalue weighted by Gasteiger charge is 2.50. The average molecular weight is 425 g/mol. The Kier molecular flexibility index (Phi) is 6.79. The first-order valence-electron chi connectivity index (χ1n) is 9.44. The van der Waals surface area contributed by atoms with Gasteiger partial charge in [-0.3, -0.25) is 0 Å². The predicted octanol–water partition coefficient (Wildman–Crippen LogP) is 6.18. The first-order valence-corrected chi connectivity index (χ1v) is 11.0. The Labute approximate surface area is 172 Å². The first kappa shape index (κ1) is 21.3. The zero-order chi connectivity index (χ0) is 20.3. The molecule has 150 valence electrons. The van der Waals surface area contributed by atoms with Crippen molar-refractivity contribution in [2.45, 2.75) is 55.1 Å². The van der Waals surface area contributed by atoms with E-state index in [1.165, 1.54) is 6.07 Å². The third-order valence-electron chi connectivity index (χ3n) is 5.52. The zero-order valence-electron chi connectivity index (χ0n) is 15.7. The molecule has 2 aromatic rings. The normalized spacial score (nSPS) is 23.4. The summed E-state index contributed by atoms with van der Waals surface area (Å²) in [5.74, 6) is -0.853. The molecule has 6 heteroatoms. The van der Waals surface area contributed by atoms with Crippen molar-refractivity contribution < 1.29 is 18.1 Å². The molecule has 3 atom stereocenters. The number of Topliss-reactive ketones (excluding diaryl/α,β-unsaturated/α-hetero) is 1. The Balaban J connectivity index is 2.04. The SMILES string of the molecule is CC(=O)CC[C@@H]1CCC[C@@](c2cc(F)ccc2F)([S+]([O-])c2ccc(Cl)cc2)C1. The molecule has 0 amide bonds. The summed E-state index contributed by atoms with van der Waals surface area (Å²) < 4.78 is 41.5. The van der Waals surface area contributed by atoms with Gasteiger partial charge in [0.2, 0.25) is 0 Å². The third-order valence-corrected chi connectivity index (χ3v) is 7.77. The van der Waals surface area contributed by atoms with Gasteiger partial charge in [0.25, 0.3) is 0 Å². The van der Waals surface area contributed by atoms with Crippen LogP contribution >= 0.6 is 11.6 Å². The maximum Gasteiger partial charge on any atom is 0.159 e. The lowest BCUT2D eigenvalue weighted by molar-refractivity contribution is -0.117. The van der Waals surface area contributed by atoms with Crippen molar-refractivity contribution in [2.24, 2.45) is 5.92 Å². The number of benzene rings is 2. The molecule has 3 rings (SSSR count). The second-order valence-corrected chi connectivity index (χ2v) is 9.77. The molecule has 0 aliphatic heterocycles. The van der Waals surface area contributed by atoms with Crippen molar-refractivity contribution >= 4 is 28.6 Å². The van der Waals surface area contributed by atoms with E-state index in [4.69, 9.17) is 11.6 Å². The van der Waals surface area contributed by atoms with Gasteiger partial charge in [0.1, 0.15) is 17.4 Å². The summed E-state index contributed by atoms with van der Waals surface area (Å²) in [6, 6.07) is 10.0. The molecule has 0 radical (unpaired) electrons. The lowest BCUT2D eigenvalue weighted by atomic mass is 9.75.